The molecule has 0 spiro atoms. The van der Waals surface area contributed by atoms with Gasteiger partial charge in [0.05, 0.1) is 11.0 Å². The molecule has 3 aromatic heterocycles. The Morgan fingerprint density at radius 2 is 1.71 bits per heavy atom. The van der Waals surface area contributed by atoms with Gasteiger partial charge in [0.1, 0.15) is 12.2 Å². The molecule has 1 aliphatic heterocycles. The first-order valence-electron chi connectivity index (χ1n) is 9.65. The summed E-state index contributed by atoms with van der Waals surface area (Å²) in [5.74, 6) is 2.56. The maximum atomic E-state index is 4.81. The minimum atomic E-state index is 0.452. The standard InChI is InChI=1S/C21H19N7/c1-2-6-16-15(5-1)20-25-22-13-28(20)26-21(16)27-11-9-14(10-12-27)19-23-17-7-3-4-8-18(17)24-19/h1-8,13-14H,9-12H2,(H,23,24). The minimum Gasteiger partial charge on any atom is -0.355 e. The number of H-pyrrole nitrogens is 1. The van der Waals surface area contributed by atoms with E-state index >= 15 is 0 Å². The first kappa shape index (κ1) is 15.6. The normalized spacial score (nSPS) is 15.8. The molecule has 2 aromatic carbocycles. The zero-order valence-electron chi connectivity index (χ0n) is 15.3. The van der Waals surface area contributed by atoms with Crippen LogP contribution in [0.5, 0.6) is 0 Å². The summed E-state index contributed by atoms with van der Waals surface area (Å²) in [4.78, 5) is 10.7. The van der Waals surface area contributed by atoms with Crippen LogP contribution < -0.4 is 4.90 Å². The van der Waals surface area contributed by atoms with Gasteiger partial charge >= 0.3 is 0 Å². The highest BCUT2D eigenvalue weighted by molar-refractivity contribution is 6.00. The van der Waals surface area contributed by atoms with Gasteiger partial charge in [0, 0.05) is 29.8 Å². The lowest BCUT2D eigenvalue weighted by atomic mass is 9.96. The van der Waals surface area contributed by atoms with Crippen molar-refractivity contribution in [1.82, 2.24) is 29.8 Å². The second-order valence-corrected chi connectivity index (χ2v) is 7.37. The van der Waals surface area contributed by atoms with Crippen LogP contribution in [0.2, 0.25) is 0 Å². The van der Waals surface area contributed by atoms with Crippen molar-refractivity contribution in [2.24, 2.45) is 0 Å². The van der Waals surface area contributed by atoms with E-state index in [-0.39, 0.29) is 0 Å². The number of nitrogens with one attached hydrogen (secondary N) is 1. The number of benzene rings is 2. The fraction of sp³-hybridized carbons (Fsp3) is 0.238. The van der Waals surface area contributed by atoms with Gasteiger partial charge in [-0.1, -0.05) is 36.4 Å². The number of nitrogens with zero attached hydrogens (tertiary/aromatic N) is 6. The molecule has 7 heteroatoms. The Balaban J connectivity index is 1.32. The number of anilines is 1. The Bertz CT molecular complexity index is 1260. The fourth-order valence-corrected chi connectivity index (χ4v) is 4.27. The number of fused-ring (bicyclic) bond motifs is 4. The third-order valence-electron chi connectivity index (χ3n) is 5.73. The second-order valence-electron chi connectivity index (χ2n) is 7.37. The van der Waals surface area contributed by atoms with E-state index < -0.39 is 0 Å². The number of aromatic amines is 1. The topological polar surface area (TPSA) is 75.0 Å². The van der Waals surface area contributed by atoms with E-state index in [1.807, 2.05) is 18.2 Å². The molecule has 1 aliphatic rings. The van der Waals surface area contributed by atoms with Crippen molar-refractivity contribution in [3.8, 4) is 0 Å². The van der Waals surface area contributed by atoms with Crippen LogP contribution in [0.15, 0.2) is 54.9 Å². The van der Waals surface area contributed by atoms with Gasteiger partial charge in [0.15, 0.2) is 11.5 Å². The smallest absolute Gasteiger partial charge is 0.185 e. The van der Waals surface area contributed by atoms with Gasteiger partial charge in [-0.05, 0) is 25.0 Å². The minimum absolute atomic E-state index is 0.452. The molecule has 28 heavy (non-hydrogen) atoms. The molecular weight excluding hydrogens is 350 g/mol. The number of imidazole rings is 1. The lowest BCUT2D eigenvalue weighted by Crippen LogP contribution is -2.34. The molecule has 1 saturated heterocycles. The number of aromatic nitrogens is 6. The Morgan fingerprint density at radius 3 is 2.57 bits per heavy atom. The molecule has 1 fully saturated rings. The summed E-state index contributed by atoms with van der Waals surface area (Å²) in [6.45, 7) is 1.90. The second kappa shape index (κ2) is 6.02. The summed E-state index contributed by atoms with van der Waals surface area (Å²) in [6.07, 6.45) is 3.78. The van der Waals surface area contributed by atoms with Crippen LogP contribution in [0.1, 0.15) is 24.6 Å². The number of rotatable bonds is 2. The summed E-state index contributed by atoms with van der Waals surface area (Å²) in [5, 5.41) is 15.3. The fourth-order valence-electron chi connectivity index (χ4n) is 4.27. The van der Waals surface area contributed by atoms with Crippen molar-refractivity contribution in [3.05, 3.63) is 60.7 Å². The van der Waals surface area contributed by atoms with Crippen LogP contribution in [-0.2, 0) is 0 Å². The van der Waals surface area contributed by atoms with Crippen molar-refractivity contribution in [1.29, 1.82) is 0 Å². The molecule has 1 N–H and O–H groups in total. The van der Waals surface area contributed by atoms with Crippen molar-refractivity contribution < 1.29 is 0 Å². The van der Waals surface area contributed by atoms with Crippen LogP contribution in [0.4, 0.5) is 5.82 Å². The zero-order chi connectivity index (χ0) is 18.5. The SMILES string of the molecule is c1ccc2[nH]c(C3CCN(c4nn5cnnc5c5ccccc45)CC3)nc2c1. The first-order valence-corrected chi connectivity index (χ1v) is 9.65. The maximum absolute atomic E-state index is 4.81. The van der Waals surface area contributed by atoms with Gasteiger partial charge in [0.2, 0.25) is 0 Å². The summed E-state index contributed by atoms with van der Waals surface area (Å²) in [7, 11) is 0. The van der Waals surface area contributed by atoms with Crippen molar-refractivity contribution in [2.75, 3.05) is 18.0 Å². The van der Waals surface area contributed by atoms with Crippen molar-refractivity contribution in [3.63, 3.8) is 0 Å². The van der Waals surface area contributed by atoms with E-state index in [1.54, 1.807) is 10.8 Å². The van der Waals surface area contributed by atoms with Crippen molar-refractivity contribution >= 4 is 33.3 Å². The average molecular weight is 369 g/mol. The largest absolute Gasteiger partial charge is 0.355 e. The molecule has 138 valence electrons. The van der Waals surface area contributed by atoms with Crippen LogP contribution >= 0.6 is 0 Å². The summed E-state index contributed by atoms with van der Waals surface area (Å²) in [5.41, 5.74) is 2.97. The molecule has 0 bridgehead atoms. The zero-order valence-corrected chi connectivity index (χ0v) is 15.3. The van der Waals surface area contributed by atoms with E-state index in [0.29, 0.717) is 5.92 Å². The Hall–Kier alpha value is -3.48. The van der Waals surface area contributed by atoms with Crippen molar-refractivity contribution in [2.45, 2.75) is 18.8 Å². The predicted octanol–water partition coefficient (Wildman–Crippen LogP) is 3.54. The van der Waals surface area contributed by atoms with E-state index in [1.165, 1.54) is 0 Å². The number of hydrogen-bond acceptors (Lipinski definition) is 5. The highest BCUT2D eigenvalue weighted by Crippen LogP contribution is 2.33. The molecule has 0 amide bonds. The molecule has 6 rings (SSSR count). The number of hydrogen-bond donors (Lipinski definition) is 1. The Labute approximate surface area is 161 Å². The molecule has 0 saturated carbocycles. The van der Waals surface area contributed by atoms with Crippen LogP contribution in [-0.4, -0.2) is 42.9 Å². The Kier molecular flexibility index (Phi) is 3.35. The summed E-state index contributed by atoms with van der Waals surface area (Å²) in [6, 6.07) is 16.5. The number of para-hydroxylation sites is 2. The van der Waals surface area contributed by atoms with E-state index in [0.717, 1.165) is 65.0 Å². The quantitative estimate of drug-likeness (QED) is 0.515. The molecule has 0 atom stereocenters. The average Bonchev–Trinajstić information content (AvgIpc) is 3.40. The molecular formula is C21H19N7. The molecule has 4 heterocycles. The predicted molar refractivity (Wildman–Crippen MR) is 109 cm³/mol. The molecule has 0 aliphatic carbocycles. The summed E-state index contributed by atoms with van der Waals surface area (Å²) >= 11 is 0. The lowest BCUT2D eigenvalue weighted by molar-refractivity contribution is 0.486. The maximum Gasteiger partial charge on any atom is 0.185 e. The van der Waals surface area contributed by atoms with Gasteiger partial charge in [-0.15, -0.1) is 15.3 Å². The Morgan fingerprint density at radius 1 is 0.929 bits per heavy atom. The first-order chi connectivity index (χ1) is 13.9. The third-order valence-corrected chi connectivity index (χ3v) is 5.73. The van der Waals surface area contributed by atoms with E-state index in [4.69, 9.17) is 10.1 Å². The highest BCUT2D eigenvalue weighted by atomic mass is 15.4. The third kappa shape index (κ3) is 2.36. The summed E-state index contributed by atoms with van der Waals surface area (Å²) < 4.78 is 1.78. The lowest BCUT2D eigenvalue weighted by Gasteiger charge is -2.32. The van der Waals surface area contributed by atoms with E-state index in [9.17, 15) is 0 Å². The van der Waals surface area contributed by atoms with Crippen LogP contribution in [0, 0.1) is 0 Å². The monoisotopic (exact) mass is 369 g/mol. The highest BCUT2D eigenvalue weighted by Gasteiger charge is 2.25. The molecule has 0 unspecified atom stereocenters. The molecule has 5 aromatic rings. The van der Waals surface area contributed by atoms with Crippen LogP contribution in [0.25, 0.3) is 27.5 Å². The van der Waals surface area contributed by atoms with E-state index in [2.05, 4.69) is 50.4 Å². The number of piperidine rings is 1. The van der Waals surface area contributed by atoms with Gasteiger partial charge in [0.25, 0.3) is 0 Å². The molecule has 0 radical (unpaired) electrons. The van der Waals surface area contributed by atoms with Gasteiger partial charge in [-0.3, -0.25) is 0 Å². The van der Waals surface area contributed by atoms with Gasteiger partial charge in [-0.2, -0.15) is 4.52 Å². The van der Waals surface area contributed by atoms with Gasteiger partial charge in [-0.25, -0.2) is 4.98 Å². The van der Waals surface area contributed by atoms with Crippen LogP contribution in [0.3, 0.4) is 0 Å². The molecule has 7 nitrogen and oxygen atoms in total. The van der Waals surface area contributed by atoms with Gasteiger partial charge < -0.3 is 9.88 Å².